The Morgan fingerprint density at radius 3 is 2.15 bits per heavy atom. The number of allylic oxidation sites excluding steroid dienone is 8. The second kappa shape index (κ2) is 26.4. The summed E-state index contributed by atoms with van der Waals surface area (Å²) in [6.07, 6.45) is 33.1. The van der Waals surface area contributed by atoms with Crippen LogP contribution in [0, 0.1) is 0 Å². The molecular formula is C46H63Cl2N3O4. The summed E-state index contributed by atoms with van der Waals surface area (Å²) in [7, 11) is 0. The maximum Gasteiger partial charge on any atom is 0.307 e. The number of hydrogen-bond acceptors (Lipinski definition) is 6. The number of amides is 1. The van der Waals surface area contributed by atoms with Crippen LogP contribution in [0.2, 0.25) is 10.0 Å². The number of esters is 1. The molecule has 2 aromatic carbocycles. The van der Waals surface area contributed by atoms with Gasteiger partial charge in [0.1, 0.15) is 5.75 Å². The van der Waals surface area contributed by atoms with E-state index in [1.54, 1.807) is 4.90 Å². The third-order valence-corrected chi connectivity index (χ3v) is 10.9. The number of anilines is 2. The van der Waals surface area contributed by atoms with Gasteiger partial charge in [0, 0.05) is 45.1 Å². The topological polar surface area (TPSA) is 62.3 Å². The van der Waals surface area contributed by atoms with Gasteiger partial charge >= 0.3 is 5.97 Å². The molecule has 7 nitrogen and oxygen atoms in total. The van der Waals surface area contributed by atoms with Crippen molar-refractivity contribution in [3.63, 3.8) is 0 Å². The first-order chi connectivity index (χ1) is 27.0. The Labute approximate surface area is 341 Å². The number of aryl methyl sites for hydroxylation is 1. The number of piperazine rings is 1. The standard InChI is InChI=1S/C46H63Cl2N3O4/c1-2-3-4-5-6-7-8-9-10-11-12-13-14-15-16-17-18-19-20-26-45(53)55-38-51-43-37-40(29-27-39(43)28-30-44(51)52)54-36-22-21-31-49-32-34-50(35-33-49)42-25-23-24-41(47)46(42)48/h6-7,9-10,12-13,15-16,23-25,27,29,37H,2-5,8,11,14,17-22,26,28,30-36,38H2,1H3/b7-6-,10-9-,13-12-,16-15-. The molecule has 0 aliphatic carbocycles. The molecule has 0 saturated carbocycles. The highest BCUT2D eigenvalue weighted by Crippen LogP contribution is 2.33. The van der Waals surface area contributed by atoms with E-state index in [1.165, 1.54) is 25.7 Å². The monoisotopic (exact) mass is 791 g/mol. The molecule has 0 atom stereocenters. The molecule has 300 valence electrons. The zero-order valence-corrected chi connectivity index (χ0v) is 34.6. The van der Waals surface area contributed by atoms with Gasteiger partial charge in [-0.05, 0) is 101 Å². The van der Waals surface area contributed by atoms with Gasteiger partial charge in [0.15, 0.2) is 6.73 Å². The maximum atomic E-state index is 12.9. The lowest BCUT2D eigenvalue weighted by atomic mass is 10.0. The molecule has 1 saturated heterocycles. The number of rotatable bonds is 25. The van der Waals surface area contributed by atoms with Crippen molar-refractivity contribution >= 4 is 46.5 Å². The van der Waals surface area contributed by atoms with Crippen LogP contribution in [-0.4, -0.2) is 62.8 Å². The van der Waals surface area contributed by atoms with Gasteiger partial charge in [-0.2, -0.15) is 0 Å². The normalized spacial score (nSPS) is 15.3. The number of halogens is 2. The molecule has 2 aliphatic rings. The number of fused-ring (bicyclic) bond motifs is 1. The van der Waals surface area contributed by atoms with E-state index in [9.17, 15) is 9.59 Å². The molecule has 2 aromatic rings. The molecule has 0 N–H and O–H groups in total. The first-order valence-electron chi connectivity index (χ1n) is 20.7. The van der Waals surface area contributed by atoms with E-state index >= 15 is 0 Å². The summed E-state index contributed by atoms with van der Waals surface area (Å²) >= 11 is 12.7. The number of hydrogen-bond donors (Lipinski definition) is 0. The van der Waals surface area contributed by atoms with Crippen LogP contribution in [-0.2, 0) is 20.7 Å². The number of carbonyl (C=O) groups excluding carboxylic acids is 2. The van der Waals surface area contributed by atoms with E-state index < -0.39 is 0 Å². The summed E-state index contributed by atoms with van der Waals surface area (Å²) in [5.41, 5.74) is 2.85. The van der Waals surface area contributed by atoms with Crippen molar-refractivity contribution in [2.24, 2.45) is 0 Å². The van der Waals surface area contributed by atoms with E-state index in [4.69, 9.17) is 32.7 Å². The number of unbranched alkanes of at least 4 members (excludes halogenated alkanes) is 7. The first kappa shape index (κ1) is 44.2. The largest absolute Gasteiger partial charge is 0.494 e. The molecule has 2 heterocycles. The third kappa shape index (κ3) is 16.6. The van der Waals surface area contributed by atoms with Gasteiger partial charge in [-0.1, -0.05) is 110 Å². The van der Waals surface area contributed by atoms with Crippen LogP contribution in [0.4, 0.5) is 11.4 Å². The number of benzene rings is 2. The predicted molar refractivity (Wildman–Crippen MR) is 231 cm³/mol. The lowest BCUT2D eigenvalue weighted by Crippen LogP contribution is -2.46. The van der Waals surface area contributed by atoms with Gasteiger partial charge in [-0.15, -0.1) is 0 Å². The Balaban J connectivity index is 1.04. The van der Waals surface area contributed by atoms with E-state index in [2.05, 4.69) is 65.3 Å². The Bertz CT molecular complexity index is 1560. The van der Waals surface area contributed by atoms with E-state index in [0.29, 0.717) is 35.9 Å². The molecule has 1 amide bonds. The summed E-state index contributed by atoms with van der Waals surface area (Å²) in [6.45, 7) is 7.60. The van der Waals surface area contributed by atoms with E-state index in [-0.39, 0.29) is 18.6 Å². The smallest absolute Gasteiger partial charge is 0.307 e. The molecule has 2 aliphatic heterocycles. The molecule has 9 heteroatoms. The predicted octanol–water partition coefficient (Wildman–Crippen LogP) is 11.7. The Hall–Kier alpha value is -3.52. The van der Waals surface area contributed by atoms with Crippen molar-refractivity contribution in [1.82, 2.24) is 4.90 Å². The molecule has 0 spiro atoms. The lowest BCUT2D eigenvalue weighted by Gasteiger charge is -2.36. The third-order valence-electron chi connectivity index (χ3n) is 10.1. The molecule has 0 bridgehead atoms. The van der Waals surface area contributed by atoms with Crippen LogP contribution in [0.25, 0.3) is 0 Å². The van der Waals surface area contributed by atoms with E-state index in [0.717, 1.165) is 113 Å². The average Bonchev–Trinajstić information content (AvgIpc) is 3.19. The SMILES string of the molecule is CCCCC/C=C\C/C=C\C/C=C\C/C=C\CCCCCC(=O)OCN1C(=O)CCc2ccc(OCCCCN3CCN(c4cccc(Cl)c4Cl)CC3)cc21. The van der Waals surface area contributed by atoms with Crippen LogP contribution in [0.15, 0.2) is 85.0 Å². The van der Waals surface area contributed by atoms with Crippen molar-refractivity contribution in [2.75, 3.05) is 55.9 Å². The molecule has 0 unspecified atom stereocenters. The van der Waals surface area contributed by atoms with Crippen molar-refractivity contribution in [3.05, 3.63) is 101 Å². The van der Waals surface area contributed by atoms with Crippen molar-refractivity contribution in [3.8, 4) is 5.75 Å². The van der Waals surface area contributed by atoms with Crippen molar-refractivity contribution in [1.29, 1.82) is 0 Å². The van der Waals surface area contributed by atoms with Gasteiger partial charge in [0.05, 0.1) is 28.0 Å². The summed E-state index contributed by atoms with van der Waals surface area (Å²) < 4.78 is 11.7. The zero-order valence-electron chi connectivity index (χ0n) is 33.1. The Morgan fingerprint density at radius 2 is 1.44 bits per heavy atom. The fourth-order valence-corrected chi connectivity index (χ4v) is 7.22. The quantitative estimate of drug-likeness (QED) is 0.0567. The molecular weight excluding hydrogens is 729 g/mol. The molecule has 55 heavy (non-hydrogen) atoms. The number of carbonyl (C=O) groups is 2. The van der Waals surface area contributed by atoms with Gasteiger partial charge in [0.2, 0.25) is 5.91 Å². The number of nitrogens with zero attached hydrogens (tertiary/aromatic N) is 3. The Morgan fingerprint density at radius 1 is 0.745 bits per heavy atom. The van der Waals surface area contributed by atoms with Gasteiger partial charge in [-0.3, -0.25) is 19.4 Å². The van der Waals surface area contributed by atoms with Gasteiger partial charge < -0.3 is 14.4 Å². The maximum absolute atomic E-state index is 12.9. The van der Waals surface area contributed by atoms with Crippen LogP contribution in [0.3, 0.4) is 0 Å². The summed E-state index contributed by atoms with van der Waals surface area (Å²) in [5.74, 6) is 0.430. The first-order valence-corrected chi connectivity index (χ1v) is 21.4. The highest BCUT2D eigenvalue weighted by Gasteiger charge is 2.26. The minimum atomic E-state index is -0.264. The highest BCUT2D eigenvalue weighted by molar-refractivity contribution is 6.43. The zero-order chi connectivity index (χ0) is 38.9. The lowest BCUT2D eigenvalue weighted by molar-refractivity contribution is -0.144. The van der Waals surface area contributed by atoms with Crippen molar-refractivity contribution in [2.45, 2.75) is 110 Å². The summed E-state index contributed by atoms with van der Waals surface area (Å²) in [6, 6.07) is 11.7. The molecule has 0 radical (unpaired) electrons. The summed E-state index contributed by atoms with van der Waals surface area (Å²) in [4.78, 5) is 31.8. The van der Waals surface area contributed by atoms with Gasteiger partial charge in [-0.25, -0.2) is 0 Å². The Kier molecular flexibility index (Phi) is 21.2. The number of ether oxygens (including phenoxy) is 2. The highest BCUT2D eigenvalue weighted by atomic mass is 35.5. The molecule has 0 aromatic heterocycles. The molecule has 1 fully saturated rings. The van der Waals surface area contributed by atoms with Crippen LogP contribution in [0.1, 0.15) is 109 Å². The van der Waals surface area contributed by atoms with Crippen LogP contribution in [0.5, 0.6) is 5.75 Å². The minimum Gasteiger partial charge on any atom is -0.494 e. The fraction of sp³-hybridized carbons (Fsp3) is 0.522. The van der Waals surface area contributed by atoms with Crippen LogP contribution >= 0.6 is 23.2 Å². The average molecular weight is 793 g/mol. The van der Waals surface area contributed by atoms with Gasteiger partial charge in [0.25, 0.3) is 0 Å². The summed E-state index contributed by atoms with van der Waals surface area (Å²) in [5, 5.41) is 1.22. The fourth-order valence-electron chi connectivity index (χ4n) is 6.80. The minimum absolute atomic E-state index is 0.0331. The van der Waals surface area contributed by atoms with Crippen molar-refractivity contribution < 1.29 is 19.1 Å². The van der Waals surface area contributed by atoms with E-state index in [1.807, 2.05) is 36.4 Å². The second-order valence-electron chi connectivity index (χ2n) is 14.4. The second-order valence-corrected chi connectivity index (χ2v) is 15.2. The molecule has 4 rings (SSSR count). The van der Waals surface area contributed by atoms with Crippen LogP contribution < -0.4 is 14.5 Å².